The van der Waals surface area contributed by atoms with Crippen LogP contribution in [0.4, 0.5) is 14.6 Å². The first-order valence-corrected chi connectivity index (χ1v) is 12.1. The summed E-state index contributed by atoms with van der Waals surface area (Å²) < 4.78 is 52.3. The molecule has 3 rings (SSSR count). The number of allylic oxidation sites excluding steroid dienone is 1. The molecule has 0 saturated heterocycles. The Bertz CT molecular complexity index is 1090. The van der Waals surface area contributed by atoms with Crippen molar-refractivity contribution in [2.24, 2.45) is 5.92 Å². The molecule has 1 aromatic carbocycles. The quantitative estimate of drug-likeness (QED) is 0.609. The van der Waals surface area contributed by atoms with Gasteiger partial charge < -0.3 is 10.4 Å². The number of carbonyl (C=O) groups is 1. The molecular weight excluding hydrogens is 440 g/mol. The fraction of sp³-hybridized carbons (Fsp3) is 0.455. The number of amides is 1. The Balaban J connectivity index is 1.88. The van der Waals surface area contributed by atoms with Gasteiger partial charge in [0.1, 0.15) is 12.3 Å². The zero-order chi connectivity index (χ0) is 23.7. The third-order valence-electron chi connectivity index (χ3n) is 5.12. The number of aliphatic hydroxyl groups is 1. The minimum Gasteiger partial charge on any atom is -0.389 e. The van der Waals surface area contributed by atoms with Crippen LogP contribution in [0.25, 0.3) is 5.57 Å². The number of hydrogen-bond acceptors (Lipinski definition) is 5. The van der Waals surface area contributed by atoms with Crippen molar-refractivity contribution in [3.05, 3.63) is 48.2 Å². The standard InChI is InChI=1S/C22H27F2N3O4S/c1-22(2,29)13-27-9-8-20(26-27)25-21(28)17(10-14-11-18(23)19(24)12-14)15-4-6-16(7-5-15)32(3,30)31/h4-10,14,18-19,29H,11-13H2,1-3H3,(H,25,26,28)/b17-10+. The van der Waals surface area contributed by atoms with E-state index in [4.69, 9.17) is 0 Å². The van der Waals surface area contributed by atoms with Crippen LogP contribution in [0.1, 0.15) is 32.3 Å². The first kappa shape index (κ1) is 24.1. The predicted molar refractivity (Wildman–Crippen MR) is 117 cm³/mol. The highest BCUT2D eigenvalue weighted by Gasteiger charge is 2.34. The van der Waals surface area contributed by atoms with E-state index in [1.54, 1.807) is 26.1 Å². The molecule has 1 aliphatic carbocycles. The van der Waals surface area contributed by atoms with Gasteiger partial charge in [0.05, 0.1) is 17.0 Å². The smallest absolute Gasteiger partial charge is 0.257 e. The zero-order valence-electron chi connectivity index (χ0n) is 18.1. The summed E-state index contributed by atoms with van der Waals surface area (Å²) in [6, 6.07) is 7.31. The lowest BCUT2D eigenvalue weighted by Crippen LogP contribution is -2.26. The number of sulfone groups is 1. The Labute approximate surface area is 186 Å². The van der Waals surface area contributed by atoms with Crippen LogP contribution in [0.15, 0.2) is 47.5 Å². The van der Waals surface area contributed by atoms with E-state index >= 15 is 0 Å². The van der Waals surface area contributed by atoms with Crippen molar-refractivity contribution >= 4 is 27.1 Å². The summed E-state index contributed by atoms with van der Waals surface area (Å²) in [6.45, 7) is 3.48. The van der Waals surface area contributed by atoms with Gasteiger partial charge in [-0.25, -0.2) is 17.2 Å². The van der Waals surface area contributed by atoms with Gasteiger partial charge in [-0.1, -0.05) is 18.2 Å². The maximum Gasteiger partial charge on any atom is 0.257 e. The van der Waals surface area contributed by atoms with Gasteiger partial charge in [-0.2, -0.15) is 5.10 Å². The molecule has 1 aliphatic rings. The highest BCUT2D eigenvalue weighted by atomic mass is 32.2. The van der Waals surface area contributed by atoms with Gasteiger partial charge in [-0.05, 0) is 50.3 Å². The Hall–Kier alpha value is -2.59. The lowest BCUT2D eigenvalue weighted by molar-refractivity contribution is -0.111. The van der Waals surface area contributed by atoms with Gasteiger partial charge in [0.25, 0.3) is 5.91 Å². The summed E-state index contributed by atoms with van der Waals surface area (Å²) in [7, 11) is -3.42. The lowest BCUT2D eigenvalue weighted by Gasteiger charge is -2.16. The topological polar surface area (TPSA) is 101 Å². The van der Waals surface area contributed by atoms with Crippen LogP contribution in [0.5, 0.6) is 0 Å². The van der Waals surface area contributed by atoms with Crippen molar-refractivity contribution in [2.45, 2.75) is 56.1 Å². The summed E-state index contributed by atoms with van der Waals surface area (Å²) >= 11 is 0. The molecule has 10 heteroatoms. The molecule has 174 valence electrons. The van der Waals surface area contributed by atoms with Crippen LogP contribution < -0.4 is 5.32 Å². The van der Waals surface area contributed by atoms with Gasteiger partial charge in [0.2, 0.25) is 0 Å². The molecule has 7 nitrogen and oxygen atoms in total. The van der Waals surface area contributed by atoms with Crippen molar-refractivity contribution in [1.29, 1.82) is 0 Å². The molecule has 1 fully saturated rings. The number of rotatable bonds is 7. The van der Waals surface area contributed by atoms with Gasteiger partial charge in [-0.3, -0.25) is 9.48 Å². The molecular formula is C22H27F2N3O4S. The van der Waals surface area contributed by atoms with Crippen LogP contribution >= 0.6 is 0 Å². The van der Waals surface area contributed by atoms with Crippen molar-refractivity contribution in [1.82, 2.24) is 9.78 Å². The number of benzene rings is 1. The van der Waals surface area contributed by atoms with Crippen molar-refractivity contribution in [3.63, 3.8) is 0 Å². The van der Waals surface area contributed by atoms with Crippen molar-refractivity contribution in [2.75, 3.05) is 11.6 Å². The summed E-state index contributed by atoms with van der Waals surface area (Å²) in [5.41, 5.74) is -0.398. The van der Waals surface area contributed by atoms with E-state index in [1.807, 2.05) is 0 Å². The molecule has 1 aromatic heterocycles. The predicted octanol–water partition coefficient (Wildman–Crippen LogP) is 3.17. The third-order valence-corrected chi connectivity index (χ3v) is 6.25. The Morgan fingerprint density at radius 3 is 2.34 bits per heavy atom. The number of aromatic nitrogens is 2. The maximum atomic E-state index is 13.7. The molecule has 1 saturated carbocycles. The number of nitrogens with zero attached hydrogens (tertiary/aromatic N) is 2. The van der Waals surface area contributed by atoms with Crippen LogP contribution in [0, 0.1) is 5.92 Å². The van der Waals surface area contributed by atoms with E-state index < -0.39 is 39.6 Å². The first-order valence-electron chi connectivity index (χ1n) is 10.2. The second kappa shape index (κ2) is 9.11. The van der Waals surface area contributed by atoms with Crippen molar-refractivity contribution in [3.8, 4) is 0 Å². The Morgan fingerprint density at radius 2 is 1.81 bits per heavy atom. The molecule has 1 heterocycles. The second-order valence-electron chi connectivity index (χ2n) is 8.81. The summed E-state index contributed by atoms with van der Waals surface area (Å²) in [5.74, 6) is -0.762. The normalized spacial score (nSPS) is 22.2. The van der Waals surface area contributed by atoms with Crippen LogP contribution in [0.3, 0.4) is 0 Å². The number of anilines is 1. The van der Waals surface area contributed by atoms with E-state index in [1.165, 1.54) is 35.0 Å². The second-order valence-corrected chi connectivity index (χ2v) is 10.8. The van der Waals surface area contributed by atoms with Crippen molar-refractivity contribution < 1.29 is 27.1 Å². The van der Waals surface area contributed by atoms with Gasteiger partial charge in [-0.15, -0.1) is 0 Å². The number of nitrogens with one attached hydrogen (secondary N) is 1. The van der Waals surface area contributed by atoms with Gasteiger partial charge in [0, 0.05) is 24.1 Å². The SMILES string of the molecule is CC(C)(O)Cn1ccc(NC(=O)/C(=C/C2CC(F)C(F)C2)c2ccc(S(C)(=O)=O)cc2)n1. The maximum absolute atomic E-state index is 13.7. The summed E-state index contributed by atoms with van der Waals surface area (Å²) in [5, 5.41) is 16.8. The Morgan fingerprint density at radius 1 is 1.22 bits per heavy atom. The van der Waals surface area contributed by atoms with E-state index in [0.717, 1.165) is 6.26 Å². The molecule has 0 radical (unpaired) electrons. The van der Waals surface area contributed by atoms with E-state index in [0.29, 0.717) is 5.56 Å². The lowest BCUT2D eigenvalue weighted by atomic mass is 9.98. The molecule has 1 amide bonds. The minimum atomic E-state index is -3.42. The number of halogens is 2. The average Bonchev–Trinajstić information content (AvgIpc) is 3.23. The minimum absolute atomic E-state index is 0.0282. The third kappa shape index (κ3) is 6.23. The van der Waals surface area contributed by atoms with Crippen LogP contribution in [-0.2, 0) is 21.2 Å². The molecule has 2 atom stereocenters. The molecule has 2 unspecified atom stereocenters. The van der Waals surface area contributed by atoms with E-state index in [9.17, 15) is 27.1 Å². The number of hydrogen-bond donors (Lipinski definition) is 2. The summed E-state index contributed by atoms with van der Waals surface area (Å²) in [6.07, 6.45) is 1.01. The fourth-order valence-electron chi connectivity index (χ4n) is 3.62. The largest absolute Gasteiger partial charge is 0.389 e. The van der Waals surface area contributed by atoms with Crippen LogP contribution in [0.2, 0.25) is 0 Å². The molecule has 0 bridgehead atoms. The molecule has 32 heavy (non-hydrogen) atoms. The molecule has 2 aromatic rings. The number of carbonyl (C=O) groups excluding carboxylic acids is 1. The van der Waals surface area contributed by atoms with Gasteiger partial charge in [0.15, 0.2) is 15.7 Å². The molecule has 2 N–H and O–H groups in total. The van der Waals surface area contributed by atoms with Gasteiger partial charge >= 0.3 is 0 Å². The average molecular weight is 468 g/mol. The first-order chi connectivity index (χ1) is 14.8. The van der Waals surface area contributed by atoms with Crippen LogP contribution in [-0.4, -0.2) is 53.4 Å². The molecule has 0 aliphatic heterocycles. The monoisotopic (exact) mass is 467 g/mol. The number of alkyl halides is 2. The highest BCUT2D eigenvalue weighted by Crippen LogP contribution is 2.34. The molecule has 0 spiro atoms. The summed E-state index contributed by atoms with van der Waals surface area (Å²) in [4.78, 5) is 13.2. The van der Waals surface area contributed by atoms with E-state index in [-0.39, 0.29) is 35.7 Å². The van der Waals surface area contributed by atoms with E-state index in [2.05, 4.69) is 10.4 Å². The fourth-order valence-corrected chi connectivity index (χ4v) is 4.25. The zero-order valence-corrected chi connectivity index (χ0v) is 18.9. The Kier molecular flexibility index (Phi) is 6.85. The highest BCUT2D eigenvalue weighted by molar-refractivity contribution is 7.90.